The van der Waals surface area contributed by atoms with Crippen LogP contribution in [0.3, 0.4) is 0 Å². The highest BCUT2D eigenvalue weighted by Gasteiger charge is 2.25. The van der Waals surface area contributed by atoms with Crippen molar-refractivity contribution >= 4 is 22.8 Å². The second-order valence-electron chi connectivity index (χ2n) is 8.38. The summed E-state index contributed by atoms with van der Waals surface area (Å²) in [6.45, 7) is 8.20. The minimum atomic E-state index is -0.384. The van der Waals surface area contributed by atoms with E-state index >= 15 is 0 Å². The third kappa shape index (κ3) is 4.66. The molecule has 1 aliphatic rings. The molecule has 1 atom stereocenters. The summed E-state index contributed by atoms with van der Waals surface area (Å²) in [6, 6.07) is 11.1. The first kappa shape index (κ1) is 22.0. The fraction of sp³-hybridized carbons (Fsp3) is 0.400. The average molecular weight is 439 g/mol. The van der Waals surface area contributed by atoms with E-state index in [1.54, 1.807) is 13.0 Å². The number of hydrogen-bond acceptors (Lipinski definition) is 5. The number of nitrogens with zero attached hydrogens (tertiary/aromatic N) is 3. The summed E-state index contributed by atoms with van der Waals surface area (Å²) >= 11 is 0. The van der Waals surface area contributed by atoms with Crippen molar-refractivity contribution < 1.29 is 15.3 Å². The normalized spacial score (nSPS) is 16.2. The number of aromatic nitrogens is 2. The Hall–Kier alpha value is -3.22. The molecule has 1 aliphatic heterocycles. The predicted octanol–water partition coefficient (Wildman–Crippen LogP) is 5.26. The first-order valence-corrected chi connectivity index (χ1v) is 11.2. The van der Waals surface area contributed by atoms with Gasteiger partial charge in [-0.3, -0.25) is 0 Å². The van der Waals surface area contributed by atoms with E-state index in [0.717, 1.165) is 53.8 Å². The molecule has 2 aromatic carbocycles. The van der Waals surface area contributed by atoms with Crippen LogP contribution in [-0.2, 0) is 4.74 Å². The smallest absolute Gasteiger partial charge is 0.407 e. The topological polar surface area (TPSA) is 67.3 Å². The SMILES string of the molecule is CCOC(=O)NC[C@@H]1CCCN(c2nc(-c3c(C)cccc3F)nc3cc(C)ccc23)C1.[HH]. The third-order valence-electron chi connectivity index (χ3n) is 5.91. The number of rotatable bonds is 5. The lowest BCUT2D eigenvalue weighted by Crippen LogP contribution is -2.41. The molecule has 0 unspecified atom stereocenters. The Morgan fingerprint density at radius 3 is 2.91 bits per heavy atom. The summed E-state index contributed by atoms with van der Waals surface area (Å²) in [6.07, 6.45) is 1.62. The van der Waals surface area contributed by atoms with E-state index in [1.165, 1.54) is 6.07 Å². The molecule has 1 amide bonds. The lowest BCUT2D eigenvalue weighted by Gasteiger charge is -2.34. The molecule has 6 nitrogen and oxygen atoms in total. The second kappa shape index (κ2) is 9.51. The number of hydrogen-bond donors (Lipinski definition) is 1. The number of amides is 1. The summed E-state index contributed by atoms with van der Waals surface area (Å²) in [7, 11) is 0. The van der Waals surface area contributed by atoms with Crippen LogP contribution in [-0.4, -0.2) is 42.3 Å². The van der Waals surface area contributed by atoms with Crippen LogP contribution in [0.5, 0.6) is 0 Å². The summed E-state index contributed by atoms with van der Waals surface area (Å²) in [5.74, 6) is 1.18. The van der Waals surface area contributed by atoms with Crippen LogP contribution in [0, 0.1) is 25.6 Å². The van der Waals surface area contributed by atoms with Gasteiger partial charge in [0, 0.05) is 26.4 Å². The van der Waals surface area contributed by atoms with Gasteiger partial charge in [-0.15, -0.1) is 0 Å². The molecule has 0 spiro atoms. The van der Waals surface area contributed by atoms with E-state index in [4.69, 9.17) is 14.7 Å². The minimum Gasteiger partial charge on any atom is -0.450 e. The number of carbonyl (C=O) groups excluding carboxylic acids is 1. The summed E-state index contributed by atoms with van der Waals surface area (Å²) in [5, 5.41) is 3.80. The molecule has 4 rings (SSSR count). The van der Waals surface area contributed by atoms with E-state index in [2.05, 4.69) is 10.2 Å². The predicted molar refractivity (Wildman–Crippen MR) is 126 cm³/mol. The maximum absolute atomic E-state index is 14.7. The zero-order valence-corrected chi connectivity index (χ0v) is 18.8. The van der Waals surface area contributed by atoms with Crippen LogP contribution >= 0.6 is 0 Å². The molecule has 170 valence electrons. The molecule has 3 aromatic rings. The second-order valence-corrected chi connectivity index (χ2v) is 8.38. The van der Waals surface area contributed by atoms with E-state index in [-0.39, 0.29) is 19.3 Å². The number of aryl methyl sites for hydroxylation is 2. The monoisotopic (exact) mass is 438 g/mol. The van der Waals surface area contributed by atoms with E-state index in [0.29, 0.717) is 24.5 Å². The Balaban J connectivity index is 0.00000306. The summed E-state index contributed by atoms with van der Waals surface area (Å²) in [4.78, 5) is 23.5. The van der Waals surface area contributed by atoms with Crippen molar-refractivity contribution in [1.29, 1.82) is 0 Å². The van der Waals surface area contributed by atoms with Crippen LogP contribution in [0.15, 0.2) is 36.4 Å². The van der Waals surface area contributed by atoms with Crippen LogP contribution in [0.1, 0.15) is 32.3 Å². The van der Waals surface area contributed by atoms with Gasteiger partial charge in [0.05, 0.1) is 17.7 Å². The standard InChI is InChI=1S/C25H29FN4O2.H2/c1-4-32-25(31)27-14-18-8-6-12-30(15-18)24-19-11-10-16(2)13-21(19)28-23(29-24)22-17(3)7-5-9-20(22)26;/h5,7,9-11,13,18H,4,6,8,12,14-15H2,1-3H3,(H,27,31);1H/t18-;/m0./s1. The first-order valence-electron chi connectivity index (χ1n) is 11.2. The number of halogens is 1. The van der Waals surface area contributed by atoms with E-state index in [9.17, 15) is 9.18 Å². The molecular weight excluding hydrogens is 407 g/mol. The Kier molecular flexibility index (Phi) is 6.53. The molecule has 0 radical (unpaired) electrons. The van der Waals surface area contributed by atoms with E-state index < -0.39 is 0 Å². The maximum atomic E-state index is 14.7. The Morgan fingerprint density at radius 2 is 2.12 bits per heavy atom. The fourth-order valence-electron chi connectivity index (χ4n) is 4.32. The number of piperidine rings is 1. The zero-order valence-electron chi connectivity index (χ0n) is 18.8. The van der Waals surface area contributed by atoms with Crippen molar-refractivity contribution in [2.45, 2.75) is 33.6 Å². The average Bonchev–Trinajstić information content (AvgIpc) is 2.77. The lowest BCUT2D eigenvalue weighted by molar-refractivity contribution is 0.150. The van der Waals surface area contributed by atoms with Crippen molar-refractivity contribution in [3.05, 3.63) is 53.3 Å². The molecule has 0 bridgehead atoms. The lowest BCUT2D eigenvalue weighted by atomic mass is 9.97. The van der Waals surface area contributed by atoms with E-state index in [1.807, 2.05) is 38.1 Å². The number of carbonyl (C=O) groups is 1. The number of anilines is 1. The van der Waals surface area contributed by atoms with Gasteiger partial charge in [0.15, 0.2) is 5.82 Å². The molecule has 1 fully saturated rings. The van der Waals surface area contributed by atoms with Crippen LogP contribution in [0.4, 0.5) is 15.0 Å². The van der Waals surface area contributed by atoms with Gasteiger partial charge in [0.1, 0.15) is 11.6 Å². The molecule has 2 heterocycles. The Labute approximate surface area is 189 Å². The summed E-state index contributed by atoms with van der Waals surface area (Å²) in [5.41, 5.74) is 3.14. The molecule has 1 saturated heterocycles. The number of benzene rings is 2. The highest BCUT2D eigenvalue weighted by Crippen LogP contribution is 2.32. The maximum Gasteiger partial charge on any atom is 0.407 e. The van der Waals surface area contributed by atoms with Gasteiger partial charge in [-0.05, 0) is 68.9 Å². The Morgan fingerprint density at radius 1 is 1.28 bits per heavy atom. The number of nitrogens with one attached hydrogen (secondary N) is 1. The van der Waals surface area contributed by atoms with Gasteiger partial charge < -0.3 is 15.0 Å². The fourth-order valence-corrected chi connectivity index (χ4v) is 4.32. The largest absolute Gasteiger partial charge is 0.450 e. The van der Waals surface area contributed by atoms with Gasteiger partial charge in [0.2, 0.25) is 0 Å². The molecule has 1 aromatic heterocycles. The summed E-state index contributed by atoms with van der Waals surface area (Å²) < 4.78 is 19.7. The molecular formula is C25H31FN4O2. The molecule has 0 aliphatic carbocycles. The highest BCUT2D eigenvalue weighted by atomic mass is 19.1. The van der Waals surface area contributed by atoms with Gasteiger partial charge in [-0.2, -0.15) is 0 Å². The van der Waals surface area contributed by atoms with Crippen molar-refractivity contribution in [2.24, 2.45) is 5.92 Å². The number of alkyl carbamates (subject to hydrolysis) is 1. The Bertz CT molecular complexity index is 1120. The van der Waals surface area contributed by atoms with Crippen molar-refractivity contribution in [2.75, 3.05) is 31.1 Å². The van der Waals surface area contributed by atoms with Gasteiger partial charge in [0.25, 0.3) is 0 Å². The number of ether oxygens (including phenoxy) is 1. The van der Waals surface area contributed by atoms with Gasteiger partial charge >= 0.3 is 6.09 Å². The minimum absolute atomic E-state index is 0. The molecule has 7 heteroatoms. The van der Waals surface area contributed by atoms with Crippen LogP contribution in [0.2, 0.25) is 0 Å². The van der Waals surface area contributed by atoms with Crippen molar-refractivity contribution in [3.8, 4) is 11.4 Å². The first-order chi connectivity index (χ1) is 15.5. The van der Waals surface area contributed by atoms with Gasteiger partial charge in [-0.1, -0.05) is 18.2 Å². The molecule has 32 heavy (non-hydrogen) atoms. The van der Waals surface area contributed by atoms with Gasteiger partial charge in [-0.25, -0.2) is 19.2 Å². The third-order valence-corrected chi connectivity index (χ3v) is 5.91. The van der Waals surface area contributed by atoms with Crippen molar-refractivity contribution in [1.82, 2.24) is 15.3 Å². The molecule has 1 N–H and O–H groups in total. The highest BCUT2D eigenvalue weighted by molar-refractivity contribution is 5.91. The van der Waals surface area contributed by atoms with Crippen molar-refractivity contribution in [3.63, 3.8) is 0 Å². The molecule has 0 saturated carbocycles. The van der Waals surface area contributed by atoms with Crippen LogP contribution in [0.25, 0.3) is 22.3 Å². The van der Waals surface area contributed by atoms with Crippen LogP contribution < -0.4 is 10.2 Å². The quantitative estimate of drug-likeness (QED) is 0.588. The number of fused-ring (bicyclic) bond motifs is 1. The zero-order chi connectivity index (χ0) is 22.7.